The fourth-order valence-corrected chi connectivity index (χ4v) is 1.90. The topological polar surface area (TPSA) is 102 Å². The Labute approximate surface area is 109 Å². The summed E-state index contributed by atoms with van der Waals surface area (Å²) in [6.45, 7) is 0. The van der Waals surface area contributed by atoms with Crippen LogP contribution in [-0.4, -0.2) is 29.2 Å². The zero-order chi connectivity index (χ0) is 14.0. The molecule has 1 saturated carbocycles. The molecule has 0 spiro atoms. The zero-order valence-electron chi connectivity index (χ0n) is 10.3. The minimum absolute atomic E-state index is 0.0308. The second-order valence-electron chi connectivity index (χ2n) is 4.44. The second-order valence-corrected chi connectivity index (χ2v) is 4.44. The van der Waals surface area contributed by atoms with E-state index in [-0.39, 0.29) is 17.3 Å². The third-order valence-electron chi connectivity index (χ3n) is 3.07. The minimum atomic E-state index is -1.00. The maximum absolute atomic E-state index is 11.2. The van der Waals surface area contributed by atoms with E-state index >= 15 is 0 Å². The van der Waals surface area contributed by atoms with E-state index in [1.165, 1.54) is 25.3 Å². The van der Waals surface area contributed by atoms with E-state index in [0.717, 1.165) is 12.8 Å². The van der Waals surface area contributed by atoms with Crippen LogP contribution < -0.4 is 10.1 Å². The van der Waals surface area contributed by atoms with Crippen LogP contribution in [0, 0.1) is 16.0 Å². The summed E-state index contributed by atoms with van der Waals surface area (Å²) < 4.78 is 5.00. The van der Waals surface area contributed by atoms with E-state index in [4.69, 9.17) is 9.84 Å². The molecule has 2 N–H and O–H groups in total. The van der Waals surface area contributed by atoms with Crippen LogP contribution in [0.5, 0.6) is 5.75 Å². The lowest BCUT2D eigenvalue weighted by Gasteiger charge is -2.15. The van der Waals surface area contributed by atoms with Crippen LogP contribution in [-0.2, 0) is 4.79 Å². The van der Waals surface area contributed by atoms with Crippen molar-refractivity contribution in [3.05, 3.63) is 28.3 Å². The third kappa shape index (κ3) is 2.93. The number of nitrogens with one attached hydrogen (secondary N) is 1. The van der Waals surface area contributed by atoms with Gasteiger partial charge in [0.15, 0.2) is 0 Å². The molecule has 0 aromatic heterocycles. The summed E-state index contributed by atoms with van der Waals surface area (Å²) in [4.78, 5) is 21.5. The molecule has 0 aliphatic heterocycles. The number of aliphatic carboxylic acids is 1. The molecule has 1 fully saturated rings. The van der Waals surface area contributed by atoms with E-state index in [2.05, 4.69) is 5.32 Å². The van der Waals surface area contributed by atoms with Crippen LogP contribution in [0.4, 0.5) is 11.4 Å². The number of rotatable bonds is 6. The van der Waals surface area contributed by atoms with Crippen molar-refractivity contribution >= 4 is 17.3 Å². The van der Waals surface area contributed by atoms with Crippen LogP contribution in [0.25, 0.3) is 0 Å². The summed E-state index contributed by atoms with van der Waals surface area (Å²) >= 11 is 0. The quantitative estimate of drug-likeness (QED) is 0.602. The fraction of sp³-hybridized carbons (Fsp3) is 0.417. The van der Waals surface area contributed by atoms with Crippen molar-refractivity contribution in [2.24, 2.45) is 5.92 Å². The van der Waals surface area contributed by atoms with Crippen molar-refractivity contribution in [2.75, 3.05) is 12.4 Å². The van der Waals surface area contributed by atoms with Crippen molar-refractivity contribution < 1.29 is 19.6 Å². The Morgan fingerprint density at radius 2 is 2.26 bits per heavy atom. The van der Waals surface area contributed by atoms with Gasteiger partial charge in [0.25, 0.3) is 5.69 Å². The Bertz CT molecular complexity index is 513. The normalized spacial score (nSPS) is 15.6. The van der Waals surface area contributed by atoms with Gasteiger partial charge in [-0.1, -0.05) is 0 Å². The number of hydrogen-bond acceptors (Lipinski definition) is 5. The summed E-state index contributed by atoms with van der Waals surface area (Å²) in [5.74, 6) is -0.532. The number of carboxylic acid groups (broad SMARTS) is 1. The molecule has 1 aliphatic rings. The van der Waals surface area contributed by atoms with Gasteiger partial charge in [-0.2, -0.15) is 0 Å². The molecule has 19 heavy (non-hydrogen) atoms. The van der Waals surface area contributed by atoms with Crippen molar-refractivity contribution in [3.63, 3.8) is 0 Å². The first-order valence-corrected chi connectivity index (χ1v) is 5.84. The highest BCUT2D eigenvalue weighted by Crippen LogP contribution is 2.37. The molecule has 1 aromatic rings. The number of hydrogen-bond donors (Lipinski definition) is 2. The Morgan fingerprint density at radius 3 is 2.74 bits per heavy atom. The summed E-state index contributed by atoms with van der Waals surface area (Å²) in [6.07, 6.45) is 1.64. The van der Waals surface area contributed by atoms with Gasteiger partial charge in [-0.25, -0.2) is 4.79 Å². The van der Waals surface area contributed by atoms with Crippen molar-refractivity contribution in [2.45, 2.75) is 18.9 Å². The highest BCUT2D eigenvalue weighted by Gasteiger charge is 2.37. The van der Waals surface area contributed by atoms with E-state index < -0.39 is 16.9 Å². The molecule has 1 aromatic carbocycles. The molecule has 7 heteroatoms. The molecule has 0 saturated heterocycles. The van der Waals surface area contributed by atoms with Crippen molar-refractivity contribution in [1.82, 2.24) is 0 Å². The average molecular weight is 266 g/mol. The van der Waals surface area contributed by atoms with E-state index in [0.29, 0.717) is 5.75 Å². The molecule has 1 atom stereocenters. The van der Waals surface area contributed by atoms with Gasteiger partial charge in [-0.3, -0.25) is 10.1 Å². The molecular weight excluding hydrogens is 252 g/mol. The number of methoxy groups -OCH3 is 1. The number of carbonyl (C=O) groups is 1. The van der Waals surface area contributed by atoms with Crippen LogP contribution in [0.15, 0.2) is 18.2 Å². The first-order valence-electron chi connectivity index (χ1n) is 5.84. The van der Waals surface area contributed by atoms with E-state index in [1.54, 1.807) is 0 Å². The molecule has 2 rings (SSSR count). The van der Waals surface area contributed by atoms with Crippen LogP contribution in [0.1, 0.15) is 12.8 Å². The van der Waals surface area contributed by atoms with Gasteiger partial charge in [0.05, 0.1) is 12.0 Å². The van der Waals surface area contributed by atoms with Gasteiger partial charge in [0.1, 0.15) is 17.5 Å². The lowest BCUT2D eigenvalue weighted by Crippen LogP contribution is -2.31. The Morgan fingerprint density at radius 1 is 1.58 bits per heavy atom. The SMILES string of the molecule is COc1ccc([N+](=O)[O-])c(NC(C(=O)O)C2CC2)c1. The highest BCUT2D eigenvalue weighted by molar-refractivity contribution is 5.80. The van der Waals surface area contributed by atoms with Crippen LogP contribution in [0.3, 0.4) is 0 Å². The predicted octanol–water partition coefficient (Wildman–Crippen LogP) is 1.88. The second kappa shape index (κ2) is 5.13. The Balaban J connectivity index is 2.30. The lowest BCUT2D eigenvalue weighted by atomic mass is 10.1. The molecule has 102 valence electrons. The molecule has 0 bridgehead atoms. The van der Waals surface area contributed by atoms with Crippen molar-refractivity contribution in [3.8, 4) is 5.75 Å². The minimum Gasteiger partial charge on any atom is -0.497 e. The van der Waals surface area contributed by atoms with Gasteiger partial charge in [0.2, 0.25) is 0 Å². The van der Waals surface area contributed by atoms with Gasteiger partial charge in [-0.15, -0.1) is 0 Å². The van der Waals surface area contributed by atoms with E-state index in [9.17, 15) is 14.9 Å². The molecule has 0 heterocycles. The zero-order valence-corrected chi connectivity index (χ0v) is 10.3. The molecule has 1 aliphatic carbocycles. The summed E-state index contributed by atoms with van der Waals surface area (Å²) in [6, 6.07) is 3.41. The first-order chi connectivity index (χ1) is 9.02. The molecular formula is C12H14N2O5. The summed E-state index contributed by atoms with van der Waals surface area (Å²) in [7, 11) is 1.44. The number of nitro groups is 1. The molecule has 0 radical (unpaired) electrons. The smallest absolute Gasteiger partial charge is 0.326 e. The Hall–Kier alpha value is -2.31. The first kappa shape index (κ1) is 13.1. The number of carboxylic acids is 1. The van der Waals surface area contributed by atoms with Gasteiger partial charge >= 0.3 is 5.97 Å². The predicted molar refractivity (Wildman–Crippen MR) is 67.4 cm³/mol. The monoisotopic (exact) mass is 266 g/mol. The maximum Gasteiger partial charge on any atom is 0.326 e. The Kier molecular flexibility index (Phi) is 3.55. The maximum atomic E-state index is 11.2. The number of nitro benzene ring substituents is 1. The van der Waals surface area contributed by atoms with Gasteiger partial charge in [0, 0.05) is 12.1 Å². The standard InChI is InChI=1S/C12H14N2O5/c1-19-8-4-5-10(14(17)18)9(6-8)13-11(12(15)16)7-2-3-7/h4-7,11,13H,2-3H2,1H3,(H,15,16). The fourth-order valence-electron chi connectivity index (χ4n) is 1.90. The molecule has 1 unspecified atom stereocenters. The van der Waals surface area contributed by atoms with E-state index in [1.807, 2.05) is 0 Å². The summed E-state index contributed by atoms with van der Waals surface area (Å²) in [5.41, 5.74) is 0.0105. The average Bonchev–Trinajstić information content (AvgIpc) is 3.19. The number of ether oxygens (including phenoxy) is 1. The number of benzene rings is 1. The lowest BCUT2D eigenvalue weighted by molar-refractivity contribution is -0.384. The van der Waals surface area contributed by atoms with Gasteiger partial charge in [-0.05, 0) is 24.8 Å². The van der Waals surface area contributed by atoms with Crippen LogP contribution in [0.2, 0.25) is 0 Å². The molecule has 0 amide bonds. The number of nitrogens with zero attached hydrogens (tertiary/aromatic N) is 1. The number of anilines is 1. The summed E-state index contributed by atoms with van der Waals surface area (Å²) in [5, 5.41) is 22.8. The van der Waals surface area contributed by atoms with Crippen molar-refractivity contribution in [1.29, 1.82) is 0 Å². The third-order valence-corrected chi connectivity index (χ3v) is 3.07. The highest BCUT2D eigenvalue weighted by atomic mass is 16.6. The largest absolute Gasteiger partial charge is 0.497 e. The van der Waals surface area contributed by atoms with Crippen LogP contribution >= 0.6 is 0 Å². The molecule has 7 nitrogen and oxygen atoms in total. The van der Waals surface area contributed by atoms with Gasteiger partial charge < -0.3 is 15.2 Å².